The van der Waals surface area contributed by atoms with E-state index in [0.29, 0.717) is 12.5 Å². The molecule has 1 atom stereocenters. The number of nitrogens with one attached hydrogen (secondary N) is 2. The van der Waals surface area contributed by atoms with Crippen LogP contribution in [0.5, 0.6) is 0 Å². The van der Waals surface area contributed by atoms with Crippen molar-refractivity contribution in [3.05, 3.63) is 0 Å². The van der Waals surface area contributed by atoms with Crippen molar-refractivity contribution in [1.82, 2.24) is 10.6 Å². The smallest absolute Gasteiger partial charge is 0.191 e. The largest absolute Gasteiger partial charge is 0.396 e. The lowest BCUT2D eigenvalue weighted by Gasteiger charge is -2.22. The number of aliphatic hydroxyl groups excluding tert-OH is 1. The lowest BCUT2D eigenvalue weighted by molar-refractivity contribution is 0.0310. The number of aliphatic imine (C=N–C) groups is 1. The number of nitrogens with zero attached hydrogens (tertiary/aromatic N) is 1. The van der Waals surface area contributed by atoms with E-state index in [-0.39, 0.29) is 36.2 Å². The number of methoxy groups -OCH3 is 1. The van der Waals surface area contributed by atoms with Gasteiger partial charge in [-0.3, -0.25) is 4.99 Å². The van der Waals surface area contributed by atoms with E-state index >= 15 is 0 Å². The van der Waals surface area contributed by atoms with E-state index in [2.05, 4.69) is 29.5 Å². The predicted molar refractivity (Wildman–Crippen MR) is 101 cm³/mol. The summed E-state index contributed by atoms with van der Waals surface area (Å²) in [4.78, 5) is 4.56. The van der Waals surface area contributed by atoms with Gasteiger partial charge in [0.25, 0.3) is 0 Å². The van der Waals surface area contributed by atoms with Gasteiger partial charge in [-0.2, -0.15) is 0 Å². The van der Waals surface area contributed by atoms with E-state index in [1.165, 1.54) is 0 Å². The quantitative estimate of drug-likeness (QED) is 0.291. The maximum atomic E-state index is 9.08. The maximum Gasteiger partial charge on any atom is 0.191 e. The summed E-state index contributed by atoms with van der Waals surface area (Å²) in [5, 5.41) is 15.7. The normalized spacial score (nSPS) is 13.5. The first-order valence-electron chi connectivity index (χ1n) is 7.67. The molecule has 0 spiro atoms. The van der Waals surface area contributed by atoms with Crippen LogP contribution in [0.15, 0.2) is 4.99 Å². The zero-order valence-electron chi connectivity index (χ0n) is 14.2. The third kappa shape index (κ3) is 12.2. The molecule has 0 radical (unpaired) electrons. The average Bonchev–Trinajstić information content (AvgIpc) is 2.42. The fourth-order valence-electron chi connectivity index (χ4n) is 1.86. The van der Waals surface area contributed by atoms with E-state index in [1.807, 2.05) is 13.8 Å². The minimum absolute atomic E-state index is 0. The zero-order chi connectivity index (χ0) is 15.4. The molecule has 5 nitrogen and oxygen atoms in total. The monoisotopic (exact) mass is 415 g/mol. The molecule has 0 fully saturated rings. The van der Waals surface area contributed by atoms with Crippen LogP contribution in [0.1, 0.15) is 47.0 Å². The van der Waals surface area contributed by atoms with Gasteiger partial charge in [0.05, 0.1) is 12.1 Å². The van der Waals surface area contributed by atoms with Crippen LogP contribution >= 0.6 is 24.0 Å². The molecule has 0 rings (SSSR count). The van der Waals surface area contributed by atoms with Gasteiger partial charge in [-0.15, -0.1) is 24.0 Å². The summed E-state index contributed by atoms with van der Waals surface area (Å²) in [5.41, 5.74) is -0.254. The van der Waals surface area contributed by atoms with Crippen molar-refractivity contribution in [2.75, 3.05) is 33.4 Å². The van der Waals surface area contributed by atoms with Crippen molar-refractivity contribution in [2.24, 2.45) is 10.9 Å². The lowest BCUT2D eigenvalue weighted by atomic mass is 10.0. The minimum Gasteiger partial charge on any atom is -0.396 e. The van der Waals surface area contributed by atoms with Crippen LogP contribution in [0.25, 0.3) is 0 Å². The Bertz CT molecular complexity index is 268. The highest BCUT2D eigenvalue weighted by Crippen LogP contribution is 2.10. The highest BCUT2D eigenvalue weighted by molar-refractivity contribution is 14.0. The first kappa shape index (κ1) is 23.2. The molecule has 0 bridgehead atoms. The number of aliphatic hydroxyl groups is 1. The van der Waals surface area contributed by atoms with E-state index < -0.39 is 0 Å². The van der Waals surface area contributed by atoms with Crippen LogP contribution in [0.4, 0.5) is 0 Å². The molecule has 0 aromatic carbocycles. The Kier molecular flexibility index (Phi) is 15.0. The van der Waals surface area contributed by atoms with Crippen molar-refractivity contribution >= 4 is 29.9 Å². The average molecular weight is 415 g/mol. The van der Waals surface area contributed by atoms with Crippen molar-refractivity contribution in [1.29, 1.82) is 0 Å². The Balaban J connectivity index is 0. The maximum absolute atomic E-state index is 9.08. The molecule has 0 heterocycles. The molecule has 21 heavy (non-hydrogen) atoms. The van der Waals surface area contributed by atoms with Gasteiger partial charge in [0, 0.05) is 26.8 Å². The second-order valence-corrected chi connectivity index (χ2v) is 5.71. The van der Waals surface area contributed by atoms with Crippen LogP contribution in [-0.2, 0) is 4.74 Å². The SMILES string of the molecule is CCCC(CCO)CNC(=NCC(C)(C)OC)NCC.I. The van der Waals surface area contributed by atoms with E-state index in [4.69, 9.17) is 9.84 Å². The van der Waals surface area contributed by atoms with Crippen LogP contribution < -0.4 is 10.6 Å². The molecular formula is C15H34IN3O2. The van der Waals surface area contributed by atoms with Gasteiger partial charge in [0.2, 0.25) is 0 Å². The van der Waals surface area contributed by atoms with Crippen LogP contribution in [0, 0.1) is 5.92 Å². The number of ether oxygens (including phenoxy) is 1. The third-order valence-electron chi connectivity index (χ3n) is 3.31. The van der Waals surface area contributed by atoms with E-state index in [9.17, 15) is 0 Å². The lowest BCUT2D eigenvalue weighted by Crippen LogP contribution is -2.41. The van der Waals surface area contributed by atoms with Crippen molar-refractivity contribution in [3.63, 3.8) is 0 Å². The zero-order valence-corrected chi connectivity index (χ0v) is 16.6. The Morgan fingerprint density at radius 3 is 2.38 bits per heavy atom. The van der Waals surface area contributed by atoms with E-state index in [0.717, 1.165) is 38.3 Å². The van der Waals surface area contributed by atoms with Gasteiger partial charge < -0.3 is 20.5 Å². The Labute approximate surface area is 147 Å². The first-order valence-corrected chi connectivity index (χ1v) is 7.67. The number of rotatable bonds is 10. The summed E-state index contributed by atoms with van der Waals surface area (Å²) < 4.78 is 5.37. The van der Waals surface area contributed by atoms with E-state index in [1.54, 1.807) is 7.11 Å². The minimum atomic E-state index is -0.254. The topological polar surface area (TPSA) is 65.9 Å². The predicted octanol–water partition coefficient (Wildman–Crippen LogP) is 2.38. The molecular weight excluding hydrogens is 381 g/mol. The van der Waals surface area contributed by atoms with Gasteiger partial charge in [0.15, 0.2) is 5.96 Å². The summed E-state index contributed by atoms with van der Waals surface area (Å²) in [7, 11) is 1.70. The molecule has 0 saturated heterocycles. The standard InChI is InChI=1S/C15H33N3O2.HI/c1-6-8-13(9-10-19)11-17-14(16-7-2)18-12-15(3,4)20-5;/h13,19H,6-12H2,1-5H3,(H2,16,17,18);1H. The highest BCUT2D eigenvalue weighted by Gasteiger charge is 2.16. The van der Waals surface area contributed by atoms with Gasteiger partial charge >= 0.3 is 0 Å². The molecule has 0 aromatic rings. The highest BCUT2D eigenvalue weighted by atomic mass is 127. The number of hydrogen-bond acceptors (Lipinski definition) is 3. The number of hydrogen-bond donors (Lipinski definition) is 3. The molecule has 0 saturated carbocycles. The van der Waals surface area contributed by atoms with Crippen molar-refractivity contribution in [3.8, 4) is 0 Å². The molecule has 6 heteroatoms. The Morgan fingerprint density at radius 1 is 1.24 bits per heavy atom. The molecule has 0 aliphatic heterocycles. The number of halogens is 1. The number of guanidine groups is 1. The van der Waals surface area contributed by atoms with Crippen molar-refractivity contribution in [2.45, 2.75) is 52.6 Å². The Morgan fingerprint density at radius 2 is 1.90 bits per heavy atom. The summed E-state index contributed by atoms with van der Waals surface area (Å²) in [6.07, 6.45) is 3.09. The summed E-state index contributed by atoms with van der Waals surface area (Å²) in [5.74, 6) is 1.31. The fraction of sp³-hybridized carbons (Fsp3) is 0.933. The van der Waals surface area contributed by atoms with Gasteiger partial charge in [0.1, 0.15) is 0 Å². The third-order valence-corrected chi connectivity index (χ3v) is 3.31. The molecule has 128 valence electrons. The van der Waals surface area contributed by atoms with Crippen molar-refractivity contribution < 1.29 is 9.84 Å². The molecule has 1 unspecified atom stereocenters. The second kappa shape index (κ2) is 13.6. The summed E-state index contributed by atoms with van der Waals surface area (Å²) in [6.45, 7) is 10.8. The summed E-state index contributed by atoms with van der Waals surface area (Å²) >= 11 is 0. The molecule has 0 aromatic heterocycles. The van der Waals surface area contributed by atoms with Gasteiger partial charge in [-0.25, -0.2) is 0 Å². The molecule has 0 aliphatic carbocycles. The molecule has 0 amide bonds. The van der Waals surface area contributed by atoms with Crippen LogP contribution in [0.2, 0.25) is 0 Å². The summed E-state index contributed by atoms with van der Waals surface area (Å²) in [6, 6.07) is 0. The fourth-order valence-corrected chi connectivity index (χ4v) is 1.86. The molecule has 3 N–H and O–H groups in total. The van der Waals surface area contributed by atoms with Crippen LogP contribution in [0.3, 0.4) is 0 Å². The van der Waals surface area contributed by atoms with Gasteiger partial charge in [-0.1, -0.05) is 13.3 Å². The Hall–Kier alpha value is -0.0800. The van der Waals surface area contributed by atoms with Crippen LogP contribution in [-0.4, -0.2) is 50.0 Å². The molecule has 0 aliphatic rings. The van der Waals surface area contributed by atoms with Gasteiger partial charge in [-0.05, 0) is 39.5 Å². The first-order chi connectivity index (χ1) is 9.49. The second-order valence-electron chi connectivity index (χ2n) is 5.71.